The van der Waals surface area contributed by atoms with Crippen molar-refractivity contribution < 1.29 is 14.3 Å². The van der Waals surface area contributed by atoms with E-state index in [-0.39, 0.29) is 10.6 Å². The minimum atomic E-state index is -1.10. The van der Waals surface area contributed by atoms with Crippen LogP contribution in [-0.4, -0.2) is 17.3 Å². The highest BCUT2D eigenvalue weighted by Crippen LogP contribution is 2.27. The number of nitrogens with zero attached hydrogens (tertiary/aromatic N) is 1. The molecule has 0 aliphatic rings. The summed E-state index contributed by atoms with van der Waals surface area (Å²) in [5.41, 5.74) is 4.10. The van der Waals surface area contributed by atoms with E-state index in [1.165, 1.54) is 18.3 Å². The topological polar surface area (TPSA) is 74.8 Å². The van der Waals surface area contributed by atoms with Gasteiger partial charge in [-0.2, -0.15) is 5.10 Å². The van der Waals surface area contributed by atoms with Crippen LogP contribution >= 0.6 is 34.8 Å². The summed E-state index contributed by atoms with van der Waals surface area (Å²) < 4.78 is 5.65. The predicted octanol–water partition coefficient (Wildman–Crippen LogP) is 6.05. The van der Waals surface area contributed by atoms with Gasteiger partial charge in [-0.25, -0.2) is 4.79 Å². The Morgan fingerprint density at radius 2 is 1.77 bits per heavy atom. The Balaban J connectivity index is 1.74. The molecule has 0 atom stereocenters. The zero-order chi connectivity index (χ0) is 18.7. The Morgan fingerprint density at radius 3 is 2.50 bits per heavy atom. The van der Waals surface area contributed by atoms with Crippen molar-refractivity contribution in [3.63, 3.8) is 0 Å². The summed E-state index contributed by atoms with van der Waals surface area (Å²) in [6.07, 6.45) is 1.49. The van der Waals surface area contributed by atoms with Crippen LogP contribution in [0.4, 0.5) is 5.69 Å². The van der Waals surface area contributed by atoms with Crippen LogP contribution in [0, 0.1) is 0 Å². The van der Waals surface area contributed by atoms with E-state index in [1.807, 2.05) is 0 Å². The van der Waals surface area contributed by atoms with Crippen molar-refractivity contribution in [1.82, 2.24) is 0 Å². The Labute approximate surface area is 163 Å². The Bertz CT molecular complexity index is 999. The third kappa shape index (κ3) is 4.19. The lowest BCUT2D eigenvalue weighted by atomic mass is 10.1. The van der Waals surface area contributed by atoms with Gasteiger partial charge in [-0.05, 0) is 48.5 Å². The van der Waals surface area contributed by atoms with Gasteiger partial charge < -0.3 is 9.52 Å². The lowest BCUT2D eigenvalue weighted by Gasteiger charge is -2.02. The van der Waals surface area contributed by atoms with Gasteiger partial charge in [-0.15, -0.1) is 0 Å². The van der Waals surface area contributed by atoms with Gasteiger partial charge in [-0.3, -0.25) is 5.43 Å². The quantitative estimate of drug-likeness (QED) is 0.397. The number of hydrazone groups is 1. The average Bonchev–Trinajstić information content (AvgIpc) is 3.07. The summed E-state index contributed by atoms with van der Waals surface area (Å²) in [7, 11) is 0. The predicted molar refractivity (Wildman–Crippen MR) is 104 cm³/mol. The van der Waals surface area contributed by atoms with Crippen LogP contribution < -0.4 is 5.43 Å². The number of hydrogen-bond donors (Lipinski definition) is 2. The summed E-state index contributed by atoms with van der Waals surface area (Å²) in [4.78, 5) is 11.2. The second kappa shape index (κ2) is 7.83. The van der Waals surface area contributed by atoms with Gasteiger partial charge in [0.2, 0.25) is 0 Å². The zero-order valence-electron chi connectivity index (χ0n) is 13.0. The third-order valence-electron chi connectivity index (χ3n) is 3.41. The molecule has 0 aliphatic heterocycles. The van der Waals surface area contributed by atoms with Crippen molar-refractivity contribution in [2.75, 3.05) is 5.43 Å². The third-order valence-corrected chi connectivity index (χ3v) is 4.48. The van der Waals surface area contributed by atoms with Crippen molar-refractivity contribution in [2.24, 2.45) is 5.10 Å². The van der Waals surface area contributed by atoms with Crippen molar-refractivity contribution in [3.05, 3.63) is 74.9 Å². The van der Waals surface area contributed by atoms with Crippen LogP contribution in [0.2, 0.25) is 15.1 Å². The van der Waals surface area contributed by atoms with Gasteiger partial charge in [0.05, 0.1) is 32.5 Å². The number of carbonyl (C=O) groups is 1. The van der Waals surface area contributed by atoms with Gasteiger partial charge in [0.1, 0.15) is 11.5 Å². The molecule has 0 spiro atoms. The molecule has 0 saturated carbocycles. The van der Waals surface area contributed by atoms with Gasteiger partial charge in [-0.1, -0.05) is 34.8 Å². The molecule has 0 saturated heterocycles. The minimum Gasteiger partial charge on any atom is -0.478 e. The molecule has 26 heavy (non-hydrogen) atoms. The zero-order valence-corrected chi connectivity index (χ0v) is 15.3. The molecule has 5 nitrogen and oxygen atoms in total. The normalized spacial score (nSPS) is 11.0. The van der Waals surface area contributed by atoms with Crippen LogP contribution in [0.5, 0.6) is 0 Å². The van der Waals surface area contributed by atoms with E-state index in [1.54, 1.807) is 36.4 Å². The molecule has 1 aromatic heterocycles. The summed E-state index contributed by atoms with van der Waals surface area (Å²) >= 11 is 17.7. The summed E-state index contributed by atoms with van der Waals surface area (Å²) in [5.74, 6) is -0.115. The summed E-state index contributed by atoms with van der Waals surface area (Å²) in [6.45, 7) is 0. The minimum absolute atomic E-state index is 0.0112. The molecule has 0 amide bonds. The van der Waals surface area contributed by atoms with E-state index in [2.05, 4.69) is 10.5 Å². The number of anilines is 1. The fraction of sp³-hybridized carbons (Fsp3) is 0. The summed E-state index contributed by atoms with van der Waals surface area (Å²) in [5, 5.41) is 14.3. The van der Waals surface area contributed by atoms with Crippen LogP contribution in [0.15, 0.2) is 58.0 Å². The maximum Gasteiger partial charge on any atom is 0.337 e. The molecular weight excluding hydrogens is 399 g/mol. The number of hydrogen-bond acceptors (Lipinski definition) is 4. The lowest BCUT2D eigenvalue weighted by molar-refractivity contribution is 0.0697. The highest BCUT2D eigenvalue weighted by Gasteiger charge is 2.12. The Hall–Kier alpha value is -2.47. The number of carboxylic acids is 1. The van der Waals surface area contributed by atoms with Crippen molar-refractivity contribution in [1.29, 1.82) is 0 Å². The van der Waals surface area contributed by atoms with Crippen molar-refractivity contribution in [3.8, 4) is 11.3 Å². The molecule has 3 aromatic rings. The fourth-order valence-electron chi connectivity index (χ4n) is 2.16. The molecule has 0 bridgehead atoms. The van der Waals surface area contributed by atoms with Gasteiger partial charge >= 0.3 is 5.97 Å². The second-order valence-electron chi connectivity index (χ2n) is 5.20. The number of carboxylic acid groups (broad SMARTS) is 1. The number of benzene rings is 2. The van der Waals surface area contributed by atoms with E-state index in [9.17, 15) is 4.79 Å². The van der Waals surface area contributed by atoms with Crippen LogP contribution in [0.25, 0.3) is 11.3 Å². The standard InChI is InChI=1S/C18H11Cl3N2O3/c19-14-4-1-10(7-13(14)18(24)25)17-6-3-12(26-17)9-22-23-11-2-5-15(20)16(21)8-11/h1-9,23H,(H,24,25). The first kappa shape index (κ1) is 18.3. The molecule has 0 unspecified atom stereocenters. The van der Waals surface area contributed by atoms with Gasteiger partial charge in [0.15, 0.2) is 0 Å². The number of rotatable bonds is 5. The summed E-state index contributed by atoms with van der Waals surface area (Å²) in [6, 6.07) is 13.1. The fourth-order valence-corrected chi connectivity index (χ4v) is 2.65. The number of halogens is 3. The van der Waals surface area contributed by atoms with E-state index in [0.29, 0.717) is 32.8 Å². The molecule has 0 radical (unpaired) electrons. The van der Waals surface area contributed by atoms with Crippen molar-refractivity contribution >= 4 is 52.7 Å². The lowest BCUT2D eigenvalue weighted by Crippen LogP contribution is -1.97. The van der Waals surface area contributed by atoms with E-state index >= 15 is 0 Å². The Morgan fingerprint density at radius 1 is 1.00 bits per heavy atom. The van der Waals surface area contributed by atoms with Crippen LogP contribution in [0.1, 0.15) is 16.1 Å². The van der Waals surface area contributed by atoms with E-state index < -0.39 is 5.97 Å². The molecular formula is C18H11Cl3N2O3. The van der Waals surface area contributed by atoms with Crippen molar-refractivity contribution in [2.45, 2.75) is 0 Å². The maximum atomic E-state index is 11.2. The first-order valence-electron chi connectivity index (χ1n) is 7.31. The monoisotopic (exact) mass is 408 g/mol. The first-order chi connectivity index (χ1) is 12.4. The highest BCUT2D eigenvalue weighted by atomic mass is 35.5. The molecule has 2 aromatic carbocycles. The van der Waals surface area contributed by atoms with Gasteiger partial charge in [0, 0.05) is 5.56 Å². The first-order valence-corrected chi connectivity index (χ1v) is 8.44. The smallest absolute Gasteiger partial charge is 0.337 e. The largest absolute Gasteiger partial charge is 0.478 e. The molecule has 0 aliphatic carbocycles. The highest BCUT2D eigenvalue weighted by molar-refractivity contribution is 6.42. The average molecular weight is 410 g/mol. The number of aromatic carboxylic acids is 1. The molecule has 3 rings (SSSR count). The molecule has 1 heterocycles. The molecule has 2 N–H and O–H groups in total. The molecule has 0 fully saturated rings. The Kier molecular flexibility index (Phi) is 5.52. The molecule has 8 heteroatoms. The van der Waals surface area contributed by atoms with Crippen LogP contribution in [0.3, 0.4) is 0 Å². The van der Waals surface area contributed by atoms with E-state index in [0.717, 1.165) is 0 Å². The molecule has 132 valence electrons. The van der Waals surface area contributed by atoms with E-state index in [4.69, 9.17) is 44.3 Å². The second-order valence-corrected chi connectivity index (χ2v) is 6.42. The number of furan rings is 1. The van der Waals surface area contributed by atoms with Crippen LogP contribution in [-0.2, 0) is 0 Å². The SMILES string of the molecule is O=C(O)c1cc(-c2ccc(C=NNc3ccc(Cl)c(Cl)c3)o2)ccc1Cl. The maximum absolute atomic E-state index is 11.2. The number of nitrogens with one attached hydrogen (secondary N) is 1. The van der Waals surface area contributed by atoms with Gasteiger partial charge in [0.25, 0.3) is 0 Å².